The van der Waals surface area contributed by atoms with Crippen molar-refractivity contribution in [2.45, 2.75) is 58.3 Å². The molecule has 0 saturated carbocycles. The van der Waals surface area contributed by atoms with Gasteiger partial charge in [0.2, 0.25) is 0 Å². The van der Waals surface area contributed by atoms with Crippen LogP contribution in [0.3, 0.4) is 0 Å². The van der Waals surface area contributed by atoms with Gasteiger partial charge in [-0.2, -0.15) is 9.37 Å². The van der Waals surface area contributed by atoms with Gasteiger partial charge in [-0.1, -0.05) is 40.0 Å². The van der Waals surface area contributed by atoms with Gasteiger partial charge in [-0.15, -0.1) is 4.39 Å². The van der Waals surface area contributed by atoms with Crippen molar-refractivity contribution in [1.82, 2.24) is 4.98 Å². The van der Waals surface area contributed by atoms with Gasteiger partial charge < -0.3 is 4.42 Å². The lowest BCUT2D eigenvalue weighted by Crippen LogP contribution is -2.23. The van der Waals surface area contributed by atoms with Crippen molar-refractivity contribution in [1.29, 1.82) is 0 Å². The highest BCUT2D eigenvalue weighted by Gasteiger charge is 2.33. The number of hydrogen-bond acceptors (Lipinski definition) is 2. The molecule has 2 nitrogen and oxygen atoms in total. The minimum atomic E-state index is -1.08. The average molecular weight is 231 g/mol. The number of halogens is 2. The molecule has 4 heteroatoms. The highest BCUT2D eigenvalue weighted by atomic mass is 19.2. The number of rotatable bonds is 6. The van der Waals surface area contributed by atoms with Crippen LogP contribution in [0.25, 0.3) is 0 Å². The number of aromatic nitrogens is 1. The number of oxazole rings is 1. The van der Waals surface area contributed by atoms with E-state index in [4.69, 9.17) is 0 Å². The zero-order chi connectivity index (χ0) is 12.2. The molecule has 0 aliphatic carbocycles. The molecule has 1 aromatic rings. The Morgan fingerprint density at radius 2 is 1.88 bits per heavy atom. The van der Waals surface area contributed by atoms with E-state index in [0.29, 0.717) is 0 Å². The molecule has 0 bridgehead atoms. The molecule has 1 rings (SSSR count). The minimum absolute atomic E-state index is 0.139. The summed E-state index contributed by atoms with van der Waals surface area (Å²) in [6.07, 6.45) is 3.43. The first-order chi connectivity index (χ1) is 7.53. The standard InChI is InChI=1S/C12H19F2NO/c1-4-6-8-12(3,7-5-2)9-10(13)16-11(14)15-9/h4-8H2,1-3H3. The van der Waals surface area contributed by atoms with Gasteiger partial charge in [-0.3, -0.25) is 0 Å². The molecule has 0 spiro atoms. The van der Waals surface area contributed by atoms with Crippen LogP contribution in [0, 0.1) is 12.2 Å². The summed E-state index contributed by atoms with van der Waals surface area (Å²) in [6.45, 7) is 6.02. The molecule has 0 fully saturated rings. The molecule has 1 atom stereocenters. The normalized spacial score (nSPS) is 15.1. The summed E-state index contributed by atoms with van der Waals surface area (Å²) in [4.78, 5) is 3.55. The van der Waals surface area contributed by atoms with Gasteiger partial charge in [0.1, 0.15) is 5.69 Å². The van der Waals surface area contributed by atoms with Gasteiger partial charge in [0.25, 0.3) is 0 Å². The maximum Gasteiger partial charge on any atom is 0.384 e. The number of unbranched alkanes of at least 4 members (excludes halogenated alkanes) is 1. The van der Waals surface area contributed by atoms with E-state index >= 15 is 0 Å². The third-order valence-corrected chi connectivity index (χ3v) is 3.02. The first-order valence-electron chi connectivity index (χ1n) is 5.85. The fourth-order valence-electron chi connectivity index (χ4n) is 2.13. The second-order valence-electron chi connectivity index (χ2n) is 4.50. The Hall–Kier alpha value is -0.930. The van der Waals surface area contributed by atoms with Crippen LogP contribution in [0.5, 0.6) is 0 Å². The van der Waals surface area contributed by atoms with Crippen LogP contribution in [-0.2, 0) is 5.41 Å². The summed E-state index contributed by atoms with van der Waals surface area (Å²) < 4.78 is 30.4. The van der Waals surface area contributed by atoms with Crippen molar-refractivity contribution in [3.63, 3.8) is 0 Å². The maximum atomic E-state index is 13.4. The predicted octanol–water partition coefficient (Wildman–Crippen LogP) is 4.20. The van der Waals surface area contributed by atoms with Gasteiger partial charge in [-0.05, 0) is 12.8 Å². The smallest absolute Gasteiger partial charge is 0.384 e. The minimum Gasteiger partial charge on any atom is -0.387 e. The van der Waals surface area contributed by atoms with Crippen molar-refractivity contribution in [3.8, 4) is 0 Å². The molecule has 16 heavy (non-hydrogen) atoms. The zero-order valence-corrected chi connectivity index (χ0v) is 10.1. The van der Waals surface area contributed by atoms with Gasteiger partial charge >= 0.3 is 12.2 Å². The summed E-state index contributed by atoms with van der Waals surface area (Å²) in [5, 5.41) is 0. The lowest BCUT2D eigenvalue weighted by Gasteiger charge is -2.26. The molecule has 0 aromatic carbocycles. The molecule has 0 saturated heterocycles. The van der Waals surface area contributed by atoms with Crippen LogP contribution in [0.1, 0.15) is 58.6 Å². The van der Waals surface area contributed by atoms with Gasteiger partial charge in [0, 0.05) is 5.41 Å². The molecule has 0 N–H and O–H groups in total. The SMILES string of the molecule is CCCCC(C)(CCC)c1nc(F)oc1F. The topological polar surface area (TPSA) is 26.0 Å². The van der Waals surface area contributed by atoms with Gasteiger partial charge in [0.15, 0.2) is 0 Å². The highest BCUT2D eigenvalue weighted by Crippen LogP contribution is 2.35. The quantitative estimate of drug-likeness (QED) is 0.733. The monoisotopic (exact) mass is 231 g/mol. The summed E-state index contributed by atoms with van der Waals surface area (Å²) >= 11 is 0. The van der Waals surface area contributed by atoms with E-state index in [2.05, 4.69) is 16.3 Å². The zero-order valence-electron chi connectivity index (χ0n) is 10.1. The highest BCUT2D eigenvalue weighted by molar-refractivity contribution is 5.12. The molecule has 1 heterocycles. The van der Waals surface area contributed by atoms with Crippen LogP contribution in [0.4, 0.5) is 8.78 Å². The van der Waals surface area contributed by atoms with Crippen LogP contribution >= 0.6 is 0 Å². The fraction of sp³-hybridized carbons (Fsp3) is 0.750. The summed E-state index contributed by atoms with van der Waals surface area (Å²) in [5.74, 6) is 0. The van der Waals surface area contributed by atoms with Gasteiger partial charge in [0.05, 0.1) is 0 Å². The predicted molar refractivity (Wildman–Crippen MR) is 58.2 cm³/mol. The van der Waals surface area contributed by atoms with Crippen LogP contribution in [0.15, 0.2) is 4.42 Å². The van der Waals surface area contributed by atoms with E-state index in [9.17, 15) is 8.78 Å². The molecule has 0 aliphatic rings. The van der Waals surface area contributed by atoms with E-state index in [0.717, 1.165) is 32.1 Å². The number of hydrogen-bond donors (Lipinski definition) is 0. The summed E-state index contributed by atoms with van der Waals surface area (Å²) in [7, 11) is 0. The molecule has 0 aliphatic heterocycles. The average Bonchev–Trinajstić information content (AvgIpc) is 2.56. The van der Waals surface area contributed by atoms with Crippen molar-refractivity contribution in [2.75, 3.05) is 0 Å². The van der Waals surface area contributed by atoms with E-state index < -0.39 is 17.6 Å². The van der Waals surface area contributed by atoms with Crippen LogP contribution in [0.2, 0.25) is 0 Å². The first kappa shape index (κ1) is 13.1. The van der Waals surface area contributed by atoms with Crippen LogP contribution < -0.4 is 0 Å². The van der Waals surface area contributed by atoms with Gasteiger partial charge in [-0.25, -0.2) is 0 Å². The fourth-order valence-corrected chi connectivity index (χ4v) is 2.13. The molecular weight excluding hydrogens is 212 g/mol. The van der Waals surface area contributed by atoms with E-state index in [1.807, 2.05) is 13.8 Å². The molecule has 0 amide bonds. The second-order valence-corrected chi connectivity index (χ2v) is 4.50. The summed E-state index contributed by atoms with van der Waals surface area (Å²) in [5.41, 5.74) is -0.275. The lowest BCUT2D eigenvalue weighted by molar-refractivity contribution is 0.249. The Kier molecular flexibility index (Phi) is 4.44. The Bertz CT molecular complexity index is 338. The molecular formula is C12H19F2NO. The Balaban J connectivity index is 2.95. The molecule has 1 unspecified atom stereocenters. The van der Waals surface area contributed by atoms with Crippen molar-refractivity contribution >= 4 is 0 Å². The lowest BCUT2D eigenvalue weighted by atomic mass is 9.78. The second kappa shape index (κ2) is 5.41. The summed E-state index contributed by atoms with van der Waals surface area (Å²) in [6, 6.07) is -0.871. The Labute approximate surface area is 95.1 Å². The number of nitrogens with zero attached hydrogens (tertiary/aromatic N) is 1. The molecule has 92 valence electrons. The van der Waals surface area contributed by atoms with Crippen LogP contribution in [-0.4, -0.2) is 4.98 Å². The van der Waals surface area contributed by atoms with E-state index in [1.54, 1.807) is 0 Å². The molecule has 0 radical (unpaired) electrons. The van der Waals surface area contributed by atoms with E-state index in [-0.39, 0.29) is 5.69 Å². The Morgan fingerprint density at radius 3 is 2.31 bits per heavy atom. The maximum absolute atomic E-state index is 13.4. The first-order valence-corrected chi connectivity index (χ1v) is 5.85. The van der Waals surface area contributed by atoms with Crippen molar-refractivity contribution in [2.24, 2.45) is 0 Å². The van der Waals surface area contributed by atoms with E-state index in [1.165, 1.54) is 0 Å². The third kappa shape index (κ3) is 2.80. The van der Waals surface area contributed by atoms with Crippen molar-refractivity contribution in [3.05, 3.63) is 17.9 Å². The largest absolute Gasteiger partial charge is 0.387 e. The third-order valence-electron chi connectivity index (χ3n) is 3.02. The Morgan fingerprint density at radius 1 is 1.19 bits per heavy atom. The van der Waals surface area contributed by atoms with Crippen molar-refractivity contribution < 1.29 is 13.2 Å². The molecule has 1 aromatic heterocycles.